The Morgan fingerprint density at radius 3 is 1.31 bits per heavy atom. The summed E-state index contributed by atoms with van der Waals surface area (Å²) in [6.45, 7) is 0.0913. The van der Waals surface area contributed by atoms with E-state index >= 15 is 0 Å². The number of aliphatic hydroxyl groups is 2. The number of hydrogen-bond donors (Lipinski definition) is 4. The normalized spacial score (nSPS) is 8.62. The van der Waals surface area contributed by atoms with Gasteiger partial charge in [-0.3, -0.25) is 8.92 Å². The molecule has 0 amide bonds. The summed E-state index contributed by atoms with van der Waals surface area (Å²) in [6, 6.07) is 0. The van der Waals surface area contributed by atoms with Gasteiger partial charge in [0.2, 0.25) is 0 Å². The molecule has 0 unspecified atom stereocenters. The fourth-order valence-corrected chi connectivity index (χ4v) is 1.16. The molecule has 0 aliphatic rings. The van der Waals surface area contributed by atoms with Crippen LogP contribution in [0.4, 0.5) is 0 Å². The van der Waals surface area contributed by atoms with E-state index in [1.807, 2.05) is 0 Å². The van der Waals surface area contributed by atoms with Crippen molar-refractivity contribution in [2.45, 2.75) is 12.8 Å². The van der Waals surface area contributed by atoms with E-state index in [0.717, 1.165) is 0 Å². The van der Waals surface area contributed by atoms with Crippen LogP contribution in [0.25, 0.3) is 0 Å². The molecule has 0 fully saturated rings. The molecule has 0 spiro atoms. The minimum Gasteiger partial charge on any atom is -0.511 e. The highest BCUT2D eigenvalue weighted by atomic mass is 28.3. The monoisotopic (exact) mass is 272 g/mol. The molecule has 0 rings (SSSR count). The van der Waals surface area contributed by atoms with E-state index in [0.29, 0.717) is 12.8 Å². The van der Waals surface area contributed by atoms with Crippen LogP contribution >= 0.6 is 0 Å². The van der Waals surface area contributed by atoms with Crippen LogP contribution in [0, 0.1) is 0 Å². The summed E-state index contributed by atoms with van der Waals surface area (Å²) in [6.07, 6.45) is 1.07. The highest BCUT2D eigenvalue weighted by Crippen LogP contribution is 1.90. The van der Waals surface area contributed by atoms with Crippen molar-refractivity contribution in [1.29, 1.82) is 0 Å². The number of unbranched alkanes of at least 4 members (excludes halogenated alkanes) is 1. The number of aliphatic hydroxyl groups excluding tert-OH is 2. The van der Waals surface area contributed by atoms with Crippen molar-refractivity contribution in [1.82, 2.24) is 0 Å². The summed E-state index contributed by atoms with van der Waals surface area (Å²) in [5.41, 5.74) is 0. The van der Waals surface area contributed by atoms with Gasteiger partial charge >= 0.3 is 18.3 Å². The van der Waals surface area contributed by atoms with Crippen molar-refractivity contribution >= 4 is 18.3 Å². The van der Waals surface area contributed by atoms with Crippen LogP contribution in [0.5, 0.6) is 0 Å². The first-order chi connectivity index (χ1) is 7.54. The molecule has 4 N–H and O–H groups in total. The Kier molecular flexibility index (Phi) is 15.5. The maximum atomic E-state index is 9.99. The molecule has 0 aromatic carbocycles. The van der Waals surface area contributed by atoms with E-state index in [-0.39, 0.29) is 26.4 Å². The predicted molar refractivity (Wildman–Crippen MR) is 52.6 cm³/mol. The first-order valence-electron chi connectivity index (χ1n) is 4.47. The van der Waals surface area contributed by atoms with Crippen LogP contribution in [0.3, 0.4) is 0 Å². The quantitative estimate of drug-likeness (QED) is 0.283. The van der Waals surface area contributed by atoms with E-state index in [9.17, 15) is 8.92 Å². The van der Waals surface area contributed by atoms with Gasteiger partial charge in [-0.25, -0.2) is 0 Å². The topological polar surface area (TPSA) is 134 Å². The van der Waals surface area contributed by atoms with Crippen LogP contribution in [-0.4, -0.2) is 64.6 Å². The van der Waals surface area contributed by atoms with Gasteiger partial charge in [-0.1, -0.05) is 0 Å². The molecule has 0 bridgehead atoms. The molecule has 96 valence electrons. The van der Waals surface area contributed by atoms with Gasteiger partial charge in [0.25, 0.3) is 0 Å². The van der Waals surface area contributed by atoms with Gasteiger partial charge in [-0.15, -0.1) is 0 Å². The van der Waals surface area contributed by atoms with E-state index < -0.39 is 18.3 Å². The second-order valence-electron chi connectivity index (χ2n) is 2.38. The van der Waals surface area contributed by atoms with Crippen LogP contribution < -0.4 is 0 Å². The molecule has 0 heterocycles. The van der Waals surface area contributed by atoms with Crippen molar-refractivity contribution in [3.8, 4) is 0 Å². The lowest BCUT2D eigenvalue weighted by atomic mass is 10.3. The Morgan fingerprint density at radius 1 is 0.812 bits per heavy atom. The summed E-state index contributed by atoms with van der Waals surface area (Å²) in [4.78, 5) is 16.4. The summed E-state index contributed by atoms with van der Waals surface area (Å²) in [5.74, 6) is 0. The molecule has 0 saturated carbocycles. The first kappa shape index (κ1) is 17.5. The molecule has 0 atom stereocenters. The molecule has 16 heavy (non-hydrogen) atoms. The molecule has 0 saturated heterocycles. The fraction of sp³-hybridized carbons (Fsp3) is 1.00. The van der Waals surface area contributed by atoms with Crippen molar-refractivity contribution in [3.05, 3.63) is 0 Å². The molecule has 0 aliphatic heterocycles. The Labute approximate surface area is 95.9 Å². The maximum absolute atomic E-state index is 9.99. The highest BCUT2D eigenvalue weighted by Gasteiger charge is 2.04. The van der Waals surface area contributed by atoms with Crippen LogP contribution in [0.1, 0.15) is 12.8 Å². The van der Waals surface area contributed by atoms with Crippen molar-refractivity contribution < 1.29 is 37.6 Å². The maximum Gasteiger partial charge on any atom is 0.764 e. The largest absolute Gasteiger partial charge is 0.764 e. The second kappa shape index (κ2) is 14.2. The zero-order chi connectivity index (χ0) is 12.8. The van der Waals surface area contributed by atoms with E-state index in [1.54, 1.807) is 0 Å². The van der Waals surface area contributed by atoms with Crippen molar-refractivity contribution in [2.24, 2.45) is 0 Å². The van der Waals surface area contributed by atoms with Crippen molar-refractivity contribution in [3.63, 3.8) is 0 Å². The fourth-order valence-electron chi connectivity index (χ4n) is 0.523. The van der Waals surface area contributed by atoms with Crippen LogP contribution in [-0.2, 0) is 17.8 Å². The molecule has 0 radical (unpaired) electrons. The third kappa shape index (κ3) is 23.2. The SMILES string of the molecule is O=[Si](O)OCCCCO[Si](=O)O.OCCO. The third-order valence-electron chi connectivity index (χ3n) is 1.09. The van der Waals surface area contributed by atoms with Gasteiger partial charge < -0.3 is 28.7 Å². The summed E-state index contributed by atoms with van der Waals surface area (Å²) < 4.78 is 28.7. The van der Waals surface area contributed by atoms with Gasteiger partial charge in [0.15, 0.2) is 0 Å². The van der Waals surface area contributed by atoms with Crippen LogP contribution in [0.2, 0.25) is 0 Å². The molecule has 8 nitrogen and oxygen atoms in total. The Hall–Kier alpha value is -0.846. The van der Waals surface area contributed by atoms with E-state index in [1.165, 1.54) is 0 Å². The number of hydrogen-bond acceptors (Lipinski definition) is 6. The van der Waals surface area contributed by atoms with E-state index in [4.69, 9.17) is 19.8 Å². The first-order valence-corrected chi connectivity index (χ1v) is 7.00. The van der Waals surface area contributed by atoms with Crippen LogP contribution in [0.15, 0.2) is 0 Å². The lowest BCUT2D eigenvalue weighted by Gasteiger charge is -2.00. The third-order valence-corrected chi connectivity index (χ3v) is 1.99. The molecular formula is C6H16O8Si2. The minimum atomic E-state index is -2.83. The zero-order valence-corrected chi connectivity index (χ0v) is 10.7. The number of rotatable bonds is 8. The predicted octanol–water partition coefficient (Wildman–Crippen LogP) is -2.41. The van der Waals surface area contributed by atoms with Gasteiger partial charge in [0, 0.05) is 0 Å². The van der Waals surface area contributed by atoms with Gasteiger partial charge in [-0.05, 0) is 12.8 Å². The van der Waals surface area contributed by atoms with Gasteiger partial charge in [0.05, 0.1) is 26.4 Å². The summed E-state index contributed by atoms with van der Waals surface area (Å²) in [7, 11) is -5.67. The Bertz CT molecular complexity index is 167. The second-order valence-corrected chi connectivity index (χ2v) is 4.02. The smallest absolute Gasteiger partial charge is 0.511 e. The van der Waals surface area contributed by atoms with Gasteiger partial charge in [-0.2, -0.15) is 0 Å². The standard InChI is InChI=1S/C4H10O6Si2.C2H6O2/c5-11(6)9-3-1-2-4-10-12(7)8;3-1-2-4/h5,7H,1-4H2;3-4H,1-2H2. The van der Waals surface area contributed by atoms with E-state index in [2.05, 4.69) is 8.85 Å². The summed E-state index contributed by atoms with van der Waals surface area (Å²) >= 11 is 0. The average molecular weight is 272 g/mol. The lowest BCUT2D eigenvalue weighted by molar-refractivity contribution is 0.186. The highest BCUT2D eigenvalue weighted by molar-refractivity contribution is 6.24. The molecule has 0 aromatic heterocycles. The minimum absolute atomic E-state index is 0.125. The Morgan fingerprint density at radius 2 is 1.12 bits per heavy atom. The van der Waals surface area contributed by atoms with Crippen molar-refractivity contribution in [2.75, 3.05) is 26.4 Å². The zero-order valence-electron chi connectivity index (χ0n) is 8.66. The van der Waals surface area contributed by atoms with Gasteiger partial charge in [0.1, 0.15) is 0 Å². The molecule has 10 heteroatoms. The Balaban J connectivity index is 0. The molecule has 0 aromatic rings. The lowest BCUT2D eigenvalue weighted by Crippen LogP contribution is -2.09. The molecular weight excluding hydrogens is 256 g/mol. The molecule has 0 aliphatic carbocycles. The average Bonchev–Trinajstić information content (AvgIpc) is 2.23. The summed E-state index contributed by atoms with van der Waals surface area (Å²) in [5, 5.41) is 15.2.